The lowest BCUT2D eigenvalue weighted by atomic mass is 10.2. The van der Waals surface area contributed by atoms with Crippen molar-refractivity contribution in [2.45, 2.75) is 0 Å². The van der Waals surface area contributed by atoms with Crippen LogP contribution in [0.25, 0.3) is 10.2 Å². The first-order valence-corrected chi connectivity index (χ1v) is 7.15. The molecule has 0 atom stereocenters. The van der Waals surface area contributed by atoms with E-state index in [2.05, 4.69) is 10.3 Å². The highest BCUT2D eigenvalue weighted by Gasteiger charge is 2.18. The Balaban J connectivity index is 1.95. The molecular weight excluding hydrogens is 313 g/mol. The largest absolute Gasteiger partial charge is 0.397 e. The molecule has 2 aromatic heterocycles. The quantitative estimate of drug-likeness (QED) is 0.751. The average molecular weight is 322 g/mol. The van der Waals surface area contributed by atoms with Crippen molar-refractivity contribution in [3.8, 4) is 0 Å². The van der Waals surface area contributed by atoms with Crippen LogP contribution >= 0.6 is 22.9 Å². The second kappa shape index (κ2) is 5.31. The van der Waals surface area contributed by atoms with Gasteiger partial charge in [0.05, 0.1) is 11.4 Å². The summed E-state index contributed by atoms with van der Waals surface area (Å²) in [6.45, 7) is 0. The SMILES string of the molecule is Nc1c(C(=O)Nc2ccc(Cl)cc2F)sc2ncccc12. The van der Waals surface area contributed by atoms with Crippen molar-refractivity contribution < 1.29 is 9.18 Å². The van der Waals surface area contributed by atoms with Crippen LogP contribution in [0.1, 0.15) is 9.67 Å². The number of anilines is 2. The van der Waals surface area contributed by atoms with E-state index in [0.717, 1.165) is 17.4 Å². The number of hydrogen-bond donors (Lipinski definition) is 2. The summed E-state index contributed by atoms with van der Waals surface area (Å²) in [4.78, 5) is 17.3. The summed E-state index contributed by atoms with van der Waals surface area (Å²) in [6, 6.07) is 7.56. The van der Waals surface area contributed by atoms with Crippen LogP contribution in [-0.4, -0.2) is 10.9 Å². The molecule has 0 saturated heterocycles. The second-order valence-electron chi connectivity index (χ2n) is 4.28. The highest BCUT2D eigenvalue weighted by atomic mass is 35.5. The lowest BCUT2D eigenvalue weighted by molar-refractivity contribution is 0.103. The molecule has 0 saturated carbocycles. The maximum Gasteiger partial charge on any atom is 0.268 e. The number of halogens is 2. The van der Waals surface area contributed by atoms with Crippen LogP contribution in [0.2, 0.25) is 5.02 Å². The van der Waals surface area contributed by atoms with Gasteiger partial charge in [0.25, 0.3) is 5.91 Å². The van der Waals surface area contributed by atoms with Crippen LogP contribution in [0.5, 0.6) is 0 Å². The fraction of sp³-hybridized carbons (Fsp3) is 0. The van der Waals surface area contributed by atoms with Gasteiger partial charge in [0.1, 0.15) is 15.5 Å². The number of nitrogens with zero attached hydrogens (tertiary/aromatic N) is 1. The van der Waals surface area contributed by atoms with Gasteiger partial charge in [-0.25, -0.2) is 9.37 Å². The molecule has 21 heavy (non-hydrogen) atoms. The molecular formula is C14H9ClFN3OS. The average Bonchev–Trinajstić information content (AvgIpc) is 2.80. The molecule has 0 aliphatic carbocycles. The summed E-state index contributed by atoms with van der Waals surface area (Å²) in [5.74, 6) is -1.08. The van der Waals surface area contributed by atoms with E-state index in [0.29, 0.717) is 20.8 Å². The summed E-state index contributed by atoms with van der Waals surface area (Å²) in [5, 5.41) is 3.46. The van der Waals surface area contributed by atoms with E-state index in [4.69, 9.17) is 17.3 Å². The van der Waals surface area contributed by atoms with Crippen LogP contribution in [0, 0.1) is 5.82 Å². The molecule has 4 nitrogen and oxygen atoms in total. The Morgan fingerprint density at radius 2 is 2.19 bits per heavy atom. The molecule has 1 aromatic carbocycles. The number of fused-ring (bicyclic) bond motifs is 1. The predicted molar refractivity (Wildman–Crippen MR) is 83.4 cm³/mol. The van der Waals surface area contributed by atoms with Gasteiger partial charge >= 0.3 is 0 Å². The summed E-state index contributed by atoms with van der Waals surface area (Å²) in [6.07, 6.45) is 1.62. The third-order valence-electron chi connectivity index (χ3n) is 2.89. The number of amides is 1. The Labute approximate surface area is 128 Å². The highest BCUT2D eigenvalue weighted by molar-refractivity contribution is 7.21. The van der Waals surface area contributed by atoms with Gasteiger partial charge in [-0.2, -0.15) is 0 Å². The van der Waals surface area contributed by atoms with Crippen LogP contribution < -0.4 is 11.1 Å². The molecule has 0 aliphatic rings. The Kier molecular flexibility index (Phi) is 3.48. The van der Waals surface area contributed by atoms with E-state index in [1.54, 1.807) is 18.3 Å². The topological polar surface area (TPSA) is 68.0 Å². The maximum absolute atomic E-state index is 13.7. The molecule has 0 unspecified atom stereocenters. The van der Waals surface area contributed by atoms with Gasteiger partial charge in [-0.15, -0.1) is 11.3 Å². The molecule has 7 heteroatoms. The number of benzene rings is 1. The fourth-order valence-electron chi connectivity index (χ4n) is 1.89. The van der Waals surface area contributed by atoms with Crippen molar-refractivity contribution in [2.75, 3.05) is 11.1 Å². The molecule has 0 spiro atoms. The van der Waals surface area contributed by atoms with Gasteiger partial charge in [-0.05, 0) is 30.3 Å². The van der Waals surface area contributed by atoms with E-state index >= 15 is 0 Å². The summed E-state index contributed by atoms with van der Waals surface area (Å²) >= 11 is 6.83. The number of nitrogens with two attached hydrogens (primary N) is 1. The first-order valence-electron chi connectivity index (χ1n) is 5.95. The number of aromatic nitrogens is 1. The Morgan fingerprint density at radius 3 is 2.90 bits per heavy atom. The van der Waals surface area contributed by atoms with Crippen molar-refractivity contribution in [1.29, 1.82) is 0 Å². The van der Waals surface area contributed by atoms with Crippen molar-refractivity contribution in [3.63, 3.8) is 0 Å². The molecule has 3 N–H and O–H groups in total. The van der Waals surface area contributed by atoms with Gasteiger partial charge in [0.2, 0.25) is 0 Å². The van der Waals surface area contributed by atoms with Crippen molar-refractivity contribution in [2.24, 2.45) is 0 Å². The second-order valence-corrected chi connectivity index (χ2v) is 5.71. The molecule has 0 fully saturated rings. The zero-order valence-electron chi connectivity index (χ0n) is 10.6. The van der Waals surface area contributed by atoms with E-state index in [1.807, 2.05) is 0 Å². The number of nitrogen functional groups attached to an aromatic ring is 1. The standard InChI is InChI=1S/C14H9ClFN3OS/c15-7-3-4-10(9(16)6-7)19-13(20)12-11(17)8-2-1-5-18-14(8)21-12/h1-6H,17H2,(H,19,20). The van der Waals surface area contributed by atoms with Gasteiger partial charge in [-0.3, -0.25) is 4.79 Å². The smallest absolute Gasteiger partial charge is 0.268 e. The summed E-state index contributed by atoms with van der Waals surface area (Å²) in [5.41, 5.74) is 6.34. The predicted octanol–water partition coefficient (Wildman–Crippen LogP) is 3.92. The Bertz CT molecular complexity index is 849. The molecule has 0 aliphatic heterocycles. The van der Waals surface area contributed by atoms with Crippen molar-refractivity contribution in [1.82, 2.24) is 4.98 Å². The van der Waals surface area contributed by atoms with Crippen molar-refractivity contribution >= 4 is 50.4 Å². The zero-order valence-corrected chi connectivity index (χ0v) is 12.1. The normalized spacial score (nSPS) is 10.8. The maximum atomic E-state index is 13.7. The molecule has 3 aromatic rings. The van der Waals surface area contributed by atoms with E-state index in [-0.39, 0.29) is 10.7 Å². The summed E-state index contributed by atoms with van der Waals surface area (Å²) < 4.78 is 13.7. The summed E-state index contributed by atoms with van der Waals surface area (Å²) in [7, 11) is 0. The van der Waals surface area contributed by atoms with E-state index in [1.165, 1.54) is 12.1 Å². The van der Waals surface area contributed by atoms with Gasteiger partial charge < -0.3 is 11.1 Å². The number of carbonyl (C=O) groups is 1. The number of rotatable bonds is 2. The van der Waals surface area contributed by atoms with Gasteiger partial charge in [0.15, 0.2) is 0 Å². The molecule has 1 amide bonds. The minimum atomic E-state index is -0.603. The van der Waals surface area contributed by atoms with Crippen molar-refractivity contribution in [3.05, 3.63) is 52.2 Å². The lowest BCUT2D eigenvalue weighted by Crippen LogP contribution is -2.13. The third-order valence-corrected chi connectivity index (χ3v) is 4.25. The molecule has 3 rings (SSSR count). The highest BCUT2D eigenvalue weighted by Crippen LogP contribution is 2.32. The van der Waals surface area contributed by atoms with Crippen LogP contribution in [0.4, 0.5) is 15.8 Å². The first kappa shape index (κ1) is 13.8. The first-order chi connectivity index (χ1) is 10.1. The Hall–Kier alpha value is -2.18. The molecule has 2 heterocycles. The number of carbonyl (C=O) groups excluding carboxylic acids is 1. The van der Waals surface area contributed by atoms with Crippen LogP contribution in [-0.2, 0) is 0 Å². The lowest BCUT2D eigenvalue weighted by Gasteiger charge is -2.05. The van der Waals surface area contributed by atoms with Gasteiger partial charge in [-0.1, -0.05) is 11.6 Å². The fourth-order valence-corrected chi connectivity index (χ4v) is 3.01. The third kappa shape index (κ3) is 2.55. The van der Waals surface area contributed by atoms with Crippen LogP contribution in [0.15, 0.2) is 36.5 Å². The minimum absolute atomic E-state index is 0.0502. The van der Waals surface area contributed by atoms with Crippen LogP contribution in [0.3, 0.4) is 0 Å². The Morgan fingerprint density at radius 1 is 1.38 bits per heavy atom. The number of pyridine rings is 1. The number of hydrogen-bond acceptors (Lipinski definition) is 4. The van der Waals surface area contributed by atoms with Gasteiger partial charge in [0, 0.05) is 16.6 Å². The monoisotopic (exact) mass is 321 g/mol. The molecule has 0 radical (unpaired) electrons. The number of nitrogens with one attached hydrogen (secondary N) is 1. The van der Waals surface area contributed by atoms with E-state index < -0.39 is 11.7 Å². The van der Waals surface area contributed by atoms with E-state index in [9.17, 15) is 9.18 Å². The molecule has 106 valence electrons. The minimum Gasteiger partial charge on any atom is -0.397 e. The zero-order chi connectivity index (χ0) is 15.0. The number of thiophene rings is 1. The molecule has 0 bridgehead atoms.